The first-order valence-electron chi connectivity index (χ1n) is 7.19. The van der Waals surface area contributed by atoms with E-state index >= 15 is 0 Å². The summed E-state index contributed by atoms with van der Waals surface area (Å²) < 4.78 is 11.2. The van der Waals surface area contributed by atoms with Crippen molar-refractivity contribution in [3.05, 3.63) is 23.8 Å². The minimum Gasteiger partial charge on any atom is -0.497 e. The summed E-state index contributed by atoms with van der Waals surface area (Å²) in [7, 11) is 1.69. The summed E-state index contributed by atoms with van der Waals surface area (Å²) in [5.41, 5.74) is 1.21. The van der Waals surface area contributed by atoms with Gasteiger partial charge in [0.15, 0.2) is 0 Å². The van der Waals surface area contributed by atoms with E-state index in [4.69, 9.17) is 9.47 Å². The molecule has 0 saturated heterocycles. The van der Waals surface area contributed by atoms with E-state index in [2.05, 4.69) is 25.2 Å². The minimum absolute atomic E-state index is 0.661. The Hall–Kier alpha value is -1.22. The van der Waals surface area contributed by atoms with Crippen LogP contribution in [0.2, 0.25) is 0 Å². The van der Waals surface area contributed by atoms with Crippen LogP contribution in [0.4, 0.5) is 0 Å². The summed E-state index contributed by atoms with van der Waals surface area (Å²) in [4.78, 5) is 0. The summed E-state index contributed by atoms with van der Waals surface area (Å²) >= 11 is 0. The van der Waals surface area contributed by atoms with Crippen LogP contribution in [0.3, 0.4) is 0 Å². The summed E-state index contributed by atoms with van der Waals surface area (Å²) in [6.07, 6.45) is 2.62. The van der Waals surface area contributed by atoms with Crippen LogP contribution in [0, 0.1) is 11.8 Å². The Kier molecular flexibility index (Phi) is 5.08. The monoisotopic (exact) mass is 263 g/mol. The van der Waals surface area contributed by atoms with E-state index in [-0.39, 0.29) is 0 Å². The molecule has 0 atom stereocenters. The molecule has 1 saturated carbocycles. The molecule has 0 amide bonds. The molecule has 3 heteroatoms. The van der Waals surface area contributed by atoms with Crippen molar-refractivity contribution in [2.75, 3.05) is 20.3 Å². The third-order valence-corrected chi connectivity index (χ3v) is 3.31. The SMILES string of the molecule is COc1ccc(CNCC(C)C)c(OCC2CC2)c1. The fraction of sp³-hybridized carbons (Fsp3) is 0.625. The van der Waals surface area contributed by atoms with Crippen molar-refractivity contribution >= 4 is 0 Å². The quantitative estimate of drug-likeness (QED) is 0.781. The molecule has 1 N–H and O–H groups in total. The van der Waals surface area contributed by atoms with Crippen molar-refractivity contribution in [2.24, 2.45) is 11.8 Å². The van der Waals surface area contributed by atoms with Crippen LogP contribution in [0.25, 0.3) is 0 Å². The predicted octanol–water partition coefficient (Wildman–Crippen LogP) is 3.23. The highest BCUT2D eigenvalue weighted by molar-refractivity contribution is 5.40. The van der Waals surface area contributed by atoms with Crippen molar-refractivity contribution in [2.45, 2.75) is 33.2 Å². The number of rotatable bonds is 8. The molecule has 0 aliphatic heterocycles. The summed E-state index contributed by atoms with van der Waals surface area (Å²) in [6.45, 7) is 7.14. The zero-order valence-electron chi connectivity index (χ0n) is 12.2. The van der Waals surface area contributed by atoms with E-state index in [0.29, 0.717) is 5.92 Å². The van der Waals surface area contributed by atoms with Gasteiger partial charge in [0.1, 0.15) is 11.5 Å². The molecule has 0 spiro atoms. The topological polar surface area (TPSA) is 30.5 Å². The van der Waals surface area contributed by atoms with Crippen molar-refractivity contribution in [3.63, 3.8) is 0 Å². The zero-order chi connectivity index (χ0) is 13.7. The van der Waals surface area contributed by atoms with Gasteiger partial charge in [0.05, 0.1) is 13.7 Å². The zero-order valence-corrected chi connectivity index (χ0v) is 12.2. The van der Waals surface area contributed by atoms with Gasteiger partial charge < -0.3 is 14.8 Å². The molecule has 0 bridgehead atoms. The molecular weight excluding hydrogens is 238 g/mol. The maximum absolute atomic E-state index is 5.94. The van der Waals surface area contributed by atoms with Crippen molar-refractivity contribution < 1.29 is 9.47 Å². The van der Waals surface area contributed by atoms with Gasteiger partial charge in [-0.05, 0) is 37.3 Å². The second-order valence-electron chi connectivity index (χ2n) is 5.75. The summed E-state index contributed by atoms with van der Waals surface area (Å²) in [5, 5.41) is 3.46. The van der Waals surface area contributed by atoms with Crippen molar-refractivity contribution in [1.82, 2.24) is 5.32 Å². The lowest BCUT2D eigenvalue weighted by Crippen LogP contribution is -2.19. The van der Waals surface area contributed by atoms with Crippen molar-refractivity contribution in [3.8, 4) is 11.5 Å². The Bertz CT molecular complexity index is 400. The lowest BCUT2D eigenvalue weighted by molar-refractivity contribution is 0.293. The first-order valence-corrected chi connectivity index (χ1v) is 7.19. The Morgan fingerprint density at radius 3 is 2.74 bits per heavy atom. The normalized spacial score (nSPS) is 14.7. The predicted molar refractivity (Wildman–Crippen MR) is 77.8 cm³/mol. The highest BCUT2D eigenvalue weighted by atomic mass is 16.5. The van der Waals surface area contributed by atoms with Crippen molar-refractivity contribution in [1.29, 1.82) is 0 Å². The lowest BCUT2D eigenvalue weighted by Gasteiger charge is -2.14. The number of methoxy groups -OCH3 is 1. The second kappa shape index (κ2) is 6.80. The Morgan fingerprint density at radius 2 is 2.11 bits per heavy atom. The number of hydrogen-bond donors (Lipinski definition) is 1. The van der Waals surface area contributed by atoms with Crippen LogP contribution in [0.15, 0.2) is 18.2 Å². The largest absolute Gasteiger partial charge is 0.497 e. The molecule has 0 aromatic heterocycles. The fourth-order valence-electron chi connectivity index (χ4n) is 1.93. The minimum atomic E-state index is 0.661. The highest BCUT2D eigenvalue weighted by Crippen LogP contribution is 2.31. The summed E-state index contributed by atoms with van der Waals surface area (Å²) in [5.74, 6) is 3.25. The molecular formula is C16H25NO2. The van der Waals surface area contributed by atoms with Crippen LogP contribution in [-0.2, 0) is 6.54 Å². The van der Waals surface area contributed by atoms with E-state index in [1.165, 1.54) is 18.4 Å². The molecule has 1 aliphatic carbocycles. The Balaban J connectivity index is 1.97. The first kappa shape index (κ1) is 14.2. The molecule has 0 radical (unpaired) electrons. The first-order chi connectivity index (χ1) is 9.19. The maximum Gasteiger partial charge on any atom is 0.127 e. The van der Waals surface area contributed by atoms with Crippen LogP contribution in [0.5, 0.6) is 11.5 Å². The number of hydrogen-bond acceptors (Lipinski definition) is 3. The molecule has 1 aromatic carbocycles. The van der Waals surface area contributed by atoms with Crippen LogP contribution in [-0.4, -0.2) is 20.3 Å². The number of benzene rings is 1. The number of ether oxygens (including phenoxy) is 2. The van der Waals surface area contributed by atoms with Gasteiger partial charge in [-0.15, -0.1) is 0 Å². The van der Waals surface area contributed by atoms with E-state index in [1.807, 2.05) is 12.1 Å². The van der Waals surface area contributed by atoms with Gasteiger partial charge in [-0.3, -0.25) is 0 Å². The molecule has 2 rings (SSSR count). The van der Waals surface area contributed by atoms with E-state index in [9.17, 15) is 0 Å². The lowest BCUT2D eigenvalue weighted by atomic mass is 10.1. The highest BCUT2D eigenvalue weighted by Gasteiger charge is 2.22. The molecule has 1 aliphatic rings. The van der Waals surface area contributed by atoms with E-state index in [0.717, 1.165) is 37.1 Å². The molecule has 19 heavy (non-hydrogen) atoms. The third kappa shape index (κ3) is 4.75. The fourth-order valence-corrected chi connectivity index (χ4v) is 1.93. The van der Waals surface area contributed by atoms with Crippen LogP contribution < -0.4 is 14.8 Å². The van der Waals surface area contributed by atoms with Gasteiger partial charge in [-0.1, -0.05) is 19.9 Å². The average Bonchev–Trinajstić information content (AvgIpc) is 3.21. The maximum atomic E-state index is 5.94. The van der Waals surface area contributed by atoms with Gasteiger partial charge in [0, 0.05) is 18.2 Å². The van der Waals surface area contributed by atoms with Crippen LogP contribution in [0.1, 0.15) is 32.3 Å². The second-order valence-corrected chi connectivity index (χ2v) is 5.75. The smallest absolute Gasteiger partial charge is 0.127 e. The van der Waals surface area contributed by atoms with Gasteiger partial charge >= 0.3 is 0 Å². The molecule has 1 aromatic rings. The Labute approximate surface area is 116 Å². The molecule has 0 unspecified atom stereocenters. The van der Waals surface area contributed by atoms with Gasteiger partial charge in [-0.2, -0.15) is 0 Å². The van der Waals surface area contributed by atoms with Crippen LogP contribution >= 0.6 is 0 Å². The van der Waals surface area contributed by atoms with E-state index < -0.39 is 0 Å². The molecule has 1 fully saturated rings. The molecule has 106 valence electrons. The standard InChI is InChI=1S/C16H25NO2/c1-12(2)9-17-10-14-6-7-15(18-3)8-16(14)19-11-13-4-5-13/h6-8,12-13,17H,4-5,9-11H2,1-3H3. The van der Waals surface area contributed by atoms with E-state index in [1.54, 1.807) is 7.11 Å². The van der Waals surface area contributed by atoms with Gasteiger partial charge in [0.25, 0.3) is 0 Å². The third-order valence-electron chi connectivity index (χ3n) is 3.31. The summed E-state index contributed by atoms with van der Waals surface area (Å²) in [6, 6.07) is 6.08. The van der Waals surface area contributed by atoms with Gasteiger partial charge in [0.2, 0.25) is 0 Å². The molecule has 3 nitrogen and oxygen atoms in total. The molecule has 0 heterocycles. The van der Waals surface area contributed by atoms with Gasteiger partial charge in [-0.25, -0.2) is 0 Å². The number of nitrogens with one attached hydrogen (secondary N) is 1. The Morgan fingerprint density at radius 1 is 1.32 bits per heavy atom. The average molecular weight is 263 g/mol.